The van der Waals surface area contributed by atoms with E-state index in [1.165, 1.54) is 10.4 Å². The normalized spacial score (nSPS) is 11.1. The number of aromatic amines is 1. The number of benzene rings is 1. The van der Waals surface area contributed by atoms with E-state index in [1.807, 2.05) is 12.3 Å². The Labute approximate surface area is 132 Å². The standard InChI is InChI=1S/C18H15N3S/c1-2-5-13(6-3-1)8-9-17-20-15-11-14(12-19-18(15)21-17)16-7-4-10-22-16/h1-7,10-12H,8-9H2,(H,19,20,21). The van der Waals surface area contributed by atoms with Gasteiger partial charge in [-0.15, -0.1) is 11.3 Å². The molecule has 0 saturated heterocycles. The number of nitrogens with one attached hydrogen (secondary N) is 1. The number of nitrogens with zero attached hydrogens (tertiary/aromatic N) is 2. The first-order chi connectivity index (χ1) is 10.9. The average molecular weight is 305 g/mol. The number of hydrogen-bond donors (Lipinski definition) is 1. The van der Waals surface area contributed by atoms with Gasteiger partial charge in [0, 0.05) is 23.1 Å². The van der Waals surface area contributed by atoms with Gasteiger partial charge in [-0.25, -0.2) is 9.97 Å². The highest BCUT2D eigenvalue weighted by atomic mass is 32.1. The predicted octanol–water partition coefficient (Wildman–Crippen LogP) is 4.47. The minimum absolute atomic E-state index is 0.864. The van der Waals surface area contributed by atoms with Gasteiger partial charge in [-0.05, 0) is 29.5 Å². The molecule has 0 unspecified atom stereocenters. The van der Waals surface area contributed by atoms with E-state index in [0.717, 1.165) is 35.4 Å². The van der Waals surface area contributed by atoms with Crippen molar-refractivity contribution in [2.24, 2.45) is 0 Å². The minimum atomic E-state index is 0.864. The molecule has 22 heavy (non-hydrogen) atoms. The molecule has 1 aromatic carbocycles. The lowest BCUT2D eigenvalue weighted by atomic mass is 10.1. The molecule has 0 aliphatic carbocycles. The van der Waals surface area contributed by atoms with Crippen molar-refractivity contribution >= 4 is 22.5 Å². The topological polar surface area (TPSA) is 41.6 Å². The van der Waals surface area contributed by atoms with Crippen LogP contribution in [-0.4, -0.2) is 15.0 Å². The molecule has 3 nitrogen and oxygen atoms in total. The van der Waals surface area contributed by atoms with E-state index in [9.17, 15) is 0 Å². The van der Waals surface area contributed by atoms with E-state index >= 15 is 0 Å². The fourth-order valence-corrected chi connectivity index (χ4v) is 3.26. The smallest absolute Gasteiger partial charge is 0.157 e. The number of imidazole rings is 1. The van der Waals surface area contributed by atoms with Crippen LogP contribution in [0.1, 0.15) is 11.4 Å². The van der Waals surface area contributed by atoms with Gasteiger partial charge in [-0.3, -0.25) is 0 Å². The number of thiophene rings is 1. The van der Waals surface area contributed by atoms with E-state index in [0.29, 0.717) is 0 Å². The summed E-state index contributed by atoms with van der Waals surface area (Å²) in [5, 5.41) is 2.08. The summed E-state index contributed by atoms with van der Waals surface area (Å²) in [5.74, 6) is 0.995. The zero-order valence-corrected chi connectivity index (χ0v) is 12.8. The second-order valence-electron chi connectivity index (χ2n) is 5.24. The lowest BCUT2D eigenvalue weighted by molar-refractivity contribution is 0.889. The number of aromatic nitrogens is 3. The first kappa shape index (κ1) is 13.2. The van der Waals surface area contributed by atoms with Gasteiger partial charge in [0.2, 0.25) is 0 Å². The molecule has 1 N–H and O–H groups in total. The van der Waals surface area contributed by atoms with E-state index < -0.39 is 0 Å². The van der Waals surface area contributed by atoms with Crippen LogP contribution >= 0.6 is 11.3 Å². The van der Waals surface area contributed by atoms with E-state index in [1.54, 1.807) is 11.3 Å². The second kappa shape index (κ2) is 5.73. The first-order valence-electron chi connectivity index (χ1n) is 7.31. The maximum absolute atomic E-state index is 4.68. The van der Waals surface area contributed by atoms with Crippen LogP contribution in [0.15, 0.2) is 60.1 Å². The predicted molar refractivity (Wildman–Crippen MR) is 91.1 cm³/mol. The quantitative estimate of drug-likeness (QED) is 0.604. The van der Waals surface area contributed by atoms with Crippen LogP contribution in [0.25, 0.3) is 21.6 Å². The highest BCUT2D eigenvalue weighted by molar-refractivity contribution is 7.13. The Kier molecular flexibility index (Phi) is 3.45. The van der Waals surface area contributed by atoms with Gasteiger partial charge < -0.3 is 4.98 Å². The first-order valence-corrected chi connectivity index (χ1v) is 8.19. The van der Waals surface area contributed by atoms with Gasteiger partial charge in [-0.1, -0.05) is 36.4 Å². The molecule has 4 rings (SSSR count). The van der Waals surface area contributed by atoms with Gasteiger partial charge in [-0.2, -0.15) is 0 Å². The van der Waals surface area contributed by atoms with Crippen LogP contribution < -0.4 is 0 Å². The third kappa shape index (κ3) is 2.65. The largest absolute Gasteiger partial charge is 0.327 e. The molecule has 3 heterocycles. The molecule has 3 aromatic heterocycles. The van der Waals surface area contributed by atoms with Gasteiger partial charge in [0.1, 0.15) is 11.3 Å². The van der Waals surface area contributed by atoms with Crippen LogP contribution in [0.4, 0.5) is 0 Å². The Bertz CT molecular complexity index is 879. The number of aryl methyl sites for hydroxylation is 2. The van der Waals surface area contributed by atoms with Crippen molar-refractivity contribution in [2.75, 3.05) is 0 Å². The van der Waals surface area contributed by atoms with Gasteiger partial charge >= 0.3 is 0 Å². The summed E-state index contributed by atoms with van der Waals surface area (Å²) in [7, 11) is 0. The number of fused-ring (bicyclic) bond motifs is 1. The number of pyridine rings is 1. The number of H-pyrrole nitrogens is 1. The van der Waals surface area contributed by atoms with Crippen molar-refractivity contribution in [3.8, 4) is 10.4 Å². The Morgan fingerprint density at radius 1 is 1.00 bits per heavy atom. The van der Waals surface area contributed by atoms with E-state index in [2.05, 4.69) is 62.8 Å². The lowest BCUT2D eigenvalue weighted by Gasteiger charge is -1.97. The summed E-state index contributed by atoms with van der Waals surface area (Å²) in [6.07, 6.45) is 3.79. The van der Waals surface area contributed by atoms with E-state index in [-0.39, 0.29) is 0 Å². The maximum atomic E-state index is 4.68. The molecule has 0 bridgehead atoms. The van der Waals surface area contributed by atoms with Crippen LogP contribution in [0.2, 0.25) is 0 Å². The Morgan fingerprint density at radius 3 is 2.73 bits per heavy atom. The molecule has 0 aliphatic heterocycles. The van der Waals surface area contributed by atoms with Crippen molar-refractivity contribution < 1.29 is 0 Å². The number of rotatable bonds is 4. The monoisotopic (exact) mass is 305 g/mol. The molecule has 0 spiro atoms. The molecule has 108 valence electrons. The van der Waals surface area contributed by atoms with Crippen LogP contribution in [0.3, 0.4) is 0 Å². The third-order valence-corrected chi connectivity index (χ3v) is 4.60. The Morgan fingerprint density at radius 2 is 1.91 bits per heavy atom. The second-order valence-corrected chi connectivity index (χ2v) is 6.19. The molecular formula is C18H15N3S. The molecule has 0 atom stereocenters. The zero-order valence-electron chi connectivity index (χ0n) is 12.0. The summed E-state index contributed by atoms with van der Waals surface area (Å²) in [4.78, 5) is 13.7. The van der Waals surface area contributed by atoms with Crippen molar-refractivity contribution in [3.63, 3.8) is 0 Å². The lowest BCUT2D eigenvalue weighted by Crippen LogP contribution is -1.92. The van der Waals surface area contributed by atoms with Gasteiger partial charge in [0.25, 0.3) is 0 Å². The highest BCUT2D eigenvalue weighted by Crippen LogP contribution is 2.26. The molecule has 0 amide bonds. The van der Waals surface area contributed by atoms with Crippen LogP contribution in [0.5, 0.6) is 0 Å². The summed E-state index contributed by atoms with van der Waals surface area (Å²) < 4.78 is 0. The van der Waals surface area contributed by atoms with Crippen molar-refractivity contribution in [1.82, 2.24) is 15.0 Å². The van der Waals surface area contributed by atoms with Crippen molar-refractivity contribution in [1.29, 1.82) is 0 Å². The molecule has 0 radical (unpaired) electrons. The van der Waals surface area contributed by atoms with Crippen molar-refractivity contribution in [3.05, 3.63) is 71.5 Å². The summed E-state index contributed by atoms with van der Waals surface area (Å²) >= 11 is 1.72. The maximum Gasteiger partial charge on any atom is 0.157 e. The Balaban J connectivity index is 1.58. The Hall–Kier alpha value is -2.46. The molecular weight excluding hydrogens is 290 g/mol. The fourth-order valence-electron chi connectivity index (χ4n) is 2.55. The molecule has 4 heteroatoms. The highest BCUT2D eigenvalue weighted by Gasteiger charge is 2.07. The summed E-state index contributed by atoms with van der Waals surface area (Å²) in [5.41, 5.74) is 4.26. The SMILES string of the molecule is c1ccc(CCc2nc3cc(-c4cccs4)cnc3[nH]2)cc1. The van der Waals surface area contributed by atoms with E-state index in [4.69, 9.17) is 0 Å². The fraction of sp³-hybridized carbons (Fsp3) is 0.111. The summed E-state index contributed by atoms with van der Waals surface area (Å²) in [6.45, 7) is 0. The van der Waals surface area contributed by atoms with Crippen LogP contribution in [0, 0.1) is 0 Å². The summed E-state index contributed by atoms with van der Waals surface area (Å²) in [6, 6.07) is 16.8. The molecule has 0 fully saturated rings. The van der Waals surface area contributed by atoms with Crippen LogP contribution in [-0.2, 0) is 12.8 Å². The van der Waals surface area contributed by atoms with Gasteiger partial charge in [0.15, 0.2) is 5.65 Å². The third-order valence-electron chi connectivity index (χ3n) is 3.68. The molecule has 0 saturated carbocycles. The zero-order chi connectivity index (χ0) is 14.8. The minimum Gasteiger partial charge on any atom is -0.327 e. The average Bonchev–Trinajstić information content (AvgIpc) is 3.22. The molecule has 4 aromatic rings. The van der Waals surface area contributed by atoms with Gasteiger partial charge in [0.05, 0.1) is 0 Å². The van der Waals surface area contributed by atoms with Crippen molar-refractivity contribution in [2.45, 2.75) is 12.8 Å². The molecule has 0 aliphatic rings. The number of hydrogen-bond acceptors (Lipinski definition) is 3.